The Morgan fingerprint density at radius 2 is 2.04 bits per heavy atom. The van der Waals surface area contributed by atoms with E-state index in [1.54, 1.807) is 18.2 Å². The molecule has 0 N–H and O–H groups in total. The van der Waals surface area contributed by atoms with Crippen molar-refractivity contribution in [3.63, 3.8) is 0 Å². The van der Waals surface area contributed by atoms with Gasteiger partial charge in [0.15, 0.2) is 5.78 Å². The quantitative estimate of drug-likeness (QED) is 0.671. The molecular weight excluding hydrogens is 338 g/mol. The van der Waals surface area contributed by atoms with Crippen molar-refractivity contribution >= 4 is 28.3 Å². The van der Waals surface area contributed by atoms with Crippen LogP contribution in [-0.4, -0.2) is 19.9 Å². The number of ketones is 1. The summed E-state index contributed by atoms with van der Waals surface area (Å²) in [4.78, 5) is 29.7. The SMILES string of the molecule is Cc1cc(C(=O)Cn2cnc3ccc(Cl)cc3c2=O)c(C)n1C1CC1. The van der Waals surface area contributed by atoms with Gasteiger partial charge in [0.2, 0.25) is 0 Å². The van der Waals surface area contributed by atoms with Crippen LogP contribution in [0.1, 0.15) is 40.6 Å². The average molecular weight is 356 g/mol. The lowest BCUT2D eigenvalue weighted by Gasteiger charge is -2.08. The van der Waals surface area contributed by atoms with Gasteiger partial charge in [-0.2, -0.15) is 0 Å². The molecule has 128 valence electrons. The van der Waals surface area contributed by atoms with Gasteiger partial charge in [0.05, 0.1) is 23.8 Å². The number of halogens is 1. The molecule has 0 saturated heterocycles. The van der Waals surface area contributed by atoms with Crippen LogP contribution in [0.3, 0.4) is 0 Å². The van der Waals surface area contributed by atoms with Crippen LogP contribution in [0.2, 0.25) is 5.02 Å². The summed E-state index contributed by atoms with van der Waals surface area (Å²) >= 11 is 5.98. The Labute approximate surface area is 149 Å². The standard InChI is InChI=1S/C19H18ClN3O2/c1-11-7-15(12(2)23(11)14-4-5-14)18(24)9-22-10-21-17-6-3-13(20)8-16(17)19(22)25/h3,6-8,10,14H,4-5,9H2,1-2H3. The van der Waals surface area contributed by atoms with Crippen molar-refractivity contribution in [2.24, 2.45) is 0 Å². The van der Waals surface area contributed by atoms with Gasteiger partial charge in [-0.15, -0.1) is 0 Å². The van der Waals surface area contributed by atoms with E-state index in [0.717, 1.165) is 11.4 Å². The zero-order valence-electron chi connectivity index (χ0n) is 14.1. The van der Waals surface area contributed by atoms with E-state index in [0.29, 0.717) is 27.5 Å². The minimum atomic E-state index is -0.253. The average Bonchev–Trinajstić information content (AvgIpc) is 3.36. The molecular formula is C19H18ClN3O2. The molecule has 1 aliphatic rings. The largest absolute Gasteiger partial charge is 0.345 e. The third kappa shape index (κ3) is 2.78. The molecule has 0 unspecified atom stereocenters. The molecule has 0 spiro atoms. The topological polar surface area (TPSA) is 56.9 Å². The second kappa shape index (κ2) is 5.85. The van der Waals surface area contributed by atoms with Crippen molar-refractivity contribution < 1.29 is 4.79 Å². The molecule has 0 atom stereocenters. The molecule has 0 aliphatic heterocycles. The summed E-state index contributed by atoms with van der Waals surface area (Å²) in [7, 11) is 0. The number of rotatable bonds is 4. The third-order valence-electron chi connectivity index (χ3n) is 4.80. The number of hydrogen-bond acceptors (Lipinski definition) is 3. The molecule has 2 aromatic heterocycles. The molecule has 2 heterocycles. The van der Waals surface area contributed by atoms with Crippen molar-refractivity contribution in [1.29, 1.82) is 0 Å². The molecule has 1 fully saturated rings. The summed E-state index contributed by atoms with van der Waals surface area (Å²) in [6.45, 7) is 3.97. The summed E-state index contributed by atoms with van der Waals surface area (Å²) < 4.78 is 3.58. The van der Waals surface area contributed by atoms with Crippen molar-refractivity contribution in [3.8, 4) is 0 Å². The first-order valence-corrected chi connectivity index (χ1v) is 8.70. The number of nitrogens with zero attached hydrogens (tertiary/aromatic N) is 3. The number of aromatic nitrogens is 3. The van der Waals surface area contributed by atoms with Gasteiger partial charge >= 0.3 is 0 Å². The number of carbonyl (C=O) groups is 1. The summed E-state index contributed by atoms with van der Waals surface area (Å²) in [5.74, 6) is -0.0784. The lowest BCUT2D eigenvalue weighted by molar-refractivity contribution is 0.0970. The van der Waals surface area contributed by atoms with E-state index in [4.69, 9.17) is 11.6 Å². The van der Waals surface area contributed by atoms with Gasteiger partial charge in [-0.05, 0) is 51.0 Å². The van der Waals surface area contributed by atoms with Gasteiger partial charge < -0.3 is 4.57 Å². The van der Waals surface area contributed by atoms with Crippen LogP contribution >= 0.6 is 11.6 Å². The fourth-order valence-corrected chi connectivity index (χ4v) is 3.61. The van der Waals surface area contributed by atoms with Gasteiger partial charge in [-0.3, -0.25) is 14.2 Å². The van der Waals surface area contributed by atoms with Gasteiger partial charge in [0.25, 0.3) is 5.56 Å². The number of benzene rings is 1. The van der Waals surface area contributed by atoms with Gasteiger partial charge in [0, 0.05) is 28.0 Å². The Morgan fingerprint density at radius 1 is 1.28 bits per heavy atom. The van der Waals surface area contributed by atoms with Crippen LogP contribution in [0.15, 0.2) is 35.4 Å². The van der Waals surface area contributed by atoms with Gasteiger partial charge in [0.1, 0.15) is 0 Å². The van der Waals surface area contributed by atoms with E-state index < -0.39 is 0 Å². The summed E-state index contributed by atoms with van der Waals surface area (Å²) in [6.07, 6.45) is 3.76. The normalized spacial score (nSPS) is 14.2. The van der Waals surface area contributed by atoms with Crippen molar-refractivity contribution in [2.45, 2.75) is 39.3 Å². The maximum atomic E-state index is 12.8. The second-order valence-electron chi connectivity index (χ2n) is 6.65. The zero-order chi connectivity index (χ0) is 17.7. The maximum Gasteiger partial charge on any atom is 0.261 e. The summed E-state index contributed by atoms with van der Waals surface area (Å²) in [6, 6.07) is 7.43. The van der Waals surface area contributed by atoms with E-state index in [-0.39, 0.29) is 17.9 Å². The number of carbonyl (C=O) groups excluding carboxylic acids is 1. The zero-order valence-corrected chi connectivity index (χ0v) is 14.9. The van der Waals surface area contributed by atoms with Crippen LogP contribution in [0, 0.1) is 13.8 Å². The predicted molar refractivity (Wildman–Crippen MR) is 97.5 cm³/mol. The Kier molecular flexibility index (Phi) is 3.76. The minimum absolute atomic E-state index is 0.0246. The number of aryl methyl sites for hydroxylation is 1. The molecule has 0 bridgehead atoms. The van der Waals surface area contributed by atoms with E-state index in [1.165, 1.54) is 23.7 Å². The predicted octanol–water partition coefficient (Wildman–Crippen LogP) is 3.69. The van der Waals surface area contributed by atoms with Crippen LogP contribution in [0.4, 0.5) is 0 Å². The first-order valence-electron chi connectivity index (χ1n) is 8.32. The molecule has 1 aliphatic carbocycles. The highest BCUT2D eigenvalue weighted by molar-refractivity contribution is 6.31. The van der Waals surface area contributed by atoms with E-state index in [9.17, 15) is 9.59 Å². The number of Topliss-reactive ketones (excluding diaryl/α,β-unsaturated/α-hetero) is 1. The molecule has 6 heteroatoms. The fourth-order valence-electron chi connectivity index (χ4n) is 3.44. The maximum absolute atomic E-state index is 12.8. The molecule has 0 amide bonds. The first-order chi connectivity index (χ1) is 12.0. The Balaban J connectivity index is 1.70. The highest BCUT2D eigenvalue weighted by Crippen LogP contribution is 2.38. The van der Waals surface area contributed by atoms with Crippen LogP contribution in [-0.2, 0) is 6.54 Å². The Hall–Kier alpha value is -2.40. The molecule has 4 rings (SSSR count). The molecule has 25 heavy (non-hydrogen) atoms. The fraction of sp³-hybridized carbons (Fsp3) is 0.316. The van der Waals surface area contributed by atoms with E-state index >= 15 is 0 Å². The van der Waals surface area contributed by atoms with Crippen molar-refractivity contribution in [1.82, 2.24) is 14.1 Å². The number of hydrogen-bond donors (Lipinski definition) is 0. The van der Waals surface area contributed by atoms with E-state index in [1.807, 2.05) is 19.9 Å². The lowest BCUT2D eigenvalue weighted by atomic mass is 10.1. The molecule has 0 radical (unpaired) electrons. The minimum Gasteiger partial charge on any atom is -0.345 e. The second-order valence-corrected chi connectivity index (χ2v) is 7.08. The molecule has 1 saturated carbocycles. The Bertz CT molecular complexity index is 1060. The van der Waals surface area contributed by atoms with Crippen molar-refractivity contribution in [3.05, 3.63) is 62.9 Å². The summed E-state index contributed by atoms with van der Waals surface area (Å²) in [5, 5.41) is 0.898. The monoisotopic (exact) mass is 355 g/mol. The highest BCUT2D eigenvalue weighted by atomic mass is 35.5. The van der Waals surface area contributed by atoms with Crippen LogP contribution < -0.4 is 5.56 Å². The van der Waals surface area contributed by atoms with Crippen molar-refractivity contribution in [2.75, 3.05) is 0 Å². The molecule has 1 aromatic carbocycles. The van der Waals surface area contributed by atoms with Gasteiger partial charge in [-0.25, -0.2) is 4.98 Å². The first kappa shape index (κ1) is 16.1. The van der Waals surface area contributed by atoms with Gasteiger partial charge in [-0.1, -0.05) is 11.6 Å². The van der Waals surface area contributed by atoms with E-state index in [2.05, 4.69) is 9.55 Å². The Morgan fingerprint density at radius 3 is 2.76 bits per heavy atom. The lowest BCUT2D eigenvalue weighted by Crippen LogP contribution is -2.25. The smallest absolute Gasteiger partial charge is 0.261 e. The number of fused-ring (bicyclic) bond motifs is 1. The molecule has 3 aromatic rings. The third-order valence-corrected chi connectivity index (χ3v) is 5.03. The highest BCUT2D eigenvalue weighted by Gasteiger charge is 2.28. The summed E-state index contributed by atoms with van der Waals surface area (Å²) in [5.41, 5.74) is 3.08. The van der Waals surface area contributed by atoms with Crippen LogP contribution in [0.25, 0.3) is 10.9 Å². The molecule has 5 nitrogen and oxygen atoms in total. The van der Waals surface area contributed by atoms with Crippen LogP contribution in [0.5, 0.6) is 0 Å².